The lowest BCUT2D eigenvalue weighted by atomic mass is 10.1. The van der Waals surface area contributed by atoms with E-state index in [1.54, 1.807) is 36.2 Å². The van der Waals surface area contributed by atoms with Crippen molar-refractivity contribution < 1.29 is 14.0 Å². The maximum atomic E-state index is 13.4. The van der Waals surface area contributed by atoms with E-state index in [1.165, 1.54) is 18.3 Å². The number of carbonyl (C=O) groups excluding carboxylic acids is 2. The molecule has 9 nitrogen and oxygen atoms in total. The molecule has 0 spiro atoms. The fourth-order valence-electron chi connectivity index (χ4n) is 3.82. The maximum absolute atomic E-state index is 13.4. The highest BCUT2D eigenvalue weighted by Crippen LogP contribution is 2.29. The van der Waals surface area contributed by atoms with Gasteiger partial charge in [-0.15, -0.1) is 11.3 Å². The Labute approximate surface area is 204 Å². The third-order valence-corrected chi connectivity index (χ3v) is 6.26. The Morgan fingerprint density at radius 1 is 1.11 bits per heavy atom. The summed E-state index contributed by atoms with van der Waals surface area (Å²) in [5, 5.41) is 13.2. The van der Waals surface area contributed by atoms with Crippen LogP contribution in [0.2, 0.25) is 0 Å². The van der Waals surface area contributed by atoms with Crippen LogP contribution in [-0.2, 0) is 18.4 Å². The summed E-state index contributed by atoms with van der Waals surface area (Å²) in [5.41, 5.74) is 4.98. The largest absolute Gasteiger partial charge is 0.463 e. The molecule has 0 saturated carbocycles. The number of nitrogens with one attached hydrogen (secondary N) is 2. The fraction of sp³-hybridized carbons (Fsp3) is 0.160. The predicted octanol–water partition coefficient (Wildman–Crippen LogP) is 4.55. The highest BCUT2D eigenvalue weighted by molar-refractivity contribution is 7.14. The van der Waals surface area contributed by atoms with Crippen molar-refractivity contribution in [2.24, 2.45) is 7.05 Å². The Hall–Kier alpha value is -4.31. The molecule has 0 atom stereocenters. The second kappa shape index (κ2) is 9.15. The Bertz CT molecular complexity index is 1530. The number of nitrogens with zero attached hydrogens (tertiary/aromatic N) is 4. The Morgan fingerprint density at radius 3 is 2.63 bits per heavy atom. The highest BCUT2D eigenvalue weighted by atomic mass is 32.1. The van der Waals surface area contributed by atoms with Gasteiger partial charge in [0.1, 0.15) is 5.69 Å². The number of thiazole rings is 1. The van der Waals surface area contributed by atoms with Crippen LogP contribution in [-0.4, -0.2) is 31.6 Å². The van der Waals surface area contributed by atoms with Gasteiger partial charge in [-0.25, -0.2) is 9.97 Å². The van der Waals surface area contributed by atoms with Crippen LogP contribution in [0, 0.1) is 6.92 Å². The van der Waals surface area contributed by atoms with E-state index in [2.05, 4.69) is 25.7 Å². The van der Waals surface area contributed by atoms with Crippen LogP contribution in [0.4, 0.5) is 5.13 Å². The smallest absolute Gasteiger partial charge is 0.258 e. The Kier molecular flexibility index (Phi) is 5.87. The molecule has 0 aliphatic rings. The van der Waals surface area contributed by atoms with E-state index in [1.807, 2.05) is 36.6 Å². The third kappa shape index (κ3) is 4.56. The van der Waals surface area contributed by atoms with Crippen LogP contribution in [0.5, 0.6) is 0 Å². The van der Waals surface area contributed by atoms with Crippen LogP contribution >= 0.6 is 11.3 Å². The molecule has 5 aromatic rings. The number of carbonyl (C=O) groups is 2. The van der Waals surface area contributed by atoms with E-state index in [0.717, 1.165) is 16.8 Å². The number of aromatic nitrogens is 4. The number of hydrogen-bond donors (Lipinski definition) is 2. The molecule has 4 aromatic heterocycles. The van der Waals surface area contributed by atoms with Crippen molar-refractivity contribution >= 4 is 39.3 Å². The zero-order valence-electron chi connectivity index (χ0n) is 19.3. The molecule has 1 aromatic carbocycles. The number of anilines is 1. The quantitative estimate of drug-likeness (QED) is 0.364. The van der Waals surface area contributed by atoms with Crippen LogP contribution in [0.15, 0.2) is 58.5 Å². The van der Waals surface area contributed by atoms with Crippen molar-refractivity contribution in [3.8, 4) is 22.7 Å². The number of furan rings is 1. The standard InChI is InChI=1S/C25H22N6O3S/c1-14-22-18(11-19(21-5-4-10-34-21)27-23(22)31(3)30-14)24(33)29-25-28-20(13-35-25)17-8-6-16(7-9-17)12-26-15(2)32/h4-11,13H,12H2,1-3H3,(H,26,32)(H,28,29,33). The molecule has 0 radical (unpaired) electrons. The molecule has 0 unspecified atom stereocenters. The molecule has 2 amide bonds. The van der Waals surface area contributed by atoms with E-state index < -0.39 is 0 Å². The normalized spacial score (nSPS) is 11.1. The van der Waals surface area contributed by atoms with Gasteiger partial charge >= 0.3 is 0 Å². The maximum Gasteiger partial charge on any atom is 0.258 e. The molecule has 35 heavy (non-hydrogen) atoms. The molecule has 0 bridgehead atoms. The summed E-state index contributed by atoms with van der Waals surface area (Å²) in [6, 6.07) is 13.1. The zero-order valence-corrected chi connectivity index (χ0v) is 20.1. The monoisotopic (exact) mass is 486 g/mol. The molecule has 0 aliphatic heterocycles. The second-order valence-electron chi connectivity index (χ2n) is 8.04. The van der Waals surface area contributed by atoms with Crippen molar-refractivity contribution in [2.75, 3.05) is 5.32 Å². The number of fused-ring (bicyclic) bond motifs is 1. The molecule has 0 aliphatic carbocycles. The Balaban J connectivity index is 1.41. The van der Waals surface area contributed by atoms with Gasteiger partial charge in [-0.05, 0) is 30.7 Å². The summed E-state index contributed by atoms with van der Waals surface area (Å²) in [5.74, 6) is 0.198. The number of hydrogen-bond acceptors (Lipinski definition) is 7. The summed E-state index contributed by atoms with van der Waals surface area (Å²) in [6.07, 6.45) is 1.57. The molecule has 5 rings (SSSR count). The minimum absolute atomic E-state index is 0.0711. The van der Waals surface area contributed by atoms with E-state index >= 15 is 0 Å². The highest BCUT2D eigenvalue weighted by Gasteiger charge is 2.21. The topological polar surface area (TPSA) is 115 Å². The van der Waals surface area contributed by atoms with Gasteiger partial charge in [0.25, 0.3) is 5.91 Å². The Morgan fingerprint density at radius 2 is 1.91 bits per heavy atom. The van der Waals surface area contributed by atoms with Crippen molar-refractivity contribution in [3.05, 3.63) is 70.9 Å². The number of aryl methyl sites for hydroxylation is 2. The van der Waals surface area contributed by atoms with Crippen LogP contribution in [0.3, 0.4) is 0 Å². The number of rotatable bonds is 6. The number of amides is 2. The average Bonchev–Trinajstić information content (AvgIpc) is 3.59. The predicted molar refractivity (Wildman–Crippen MR) is 134 cm³/mol. The zero-order chi connectivity index (χ0) is 24.5. The lowest BCUT2D eigenvalue weighted by molar-refractivity contribution is -0.119. The first-order valence-corrected chi connectivity index (χ1v) is 11.8. The fourth-order valence-corrected chi connectivity index (χ4v) is 4.54. The lowest BCUT2D eigenvalue weighted by Gasteiger charge is -2.07. The SMILES string of the molecule is CC(=O)NCc1ccc(-c2csc(NC(=O)c3cc(-c4ccco4)nc4c3c(C)nn4C)n2)cc1. The first kappa shape index (κ1) is 22.5. The van der Waals surface area contributed by atoms with Crippen LogP contribution in [0.1, 0.15) is 28.5 Å². The summed E-state index contributed by atoms with van der Waals surface area (Å²) in [7, 11) is 1.80. The van der Waals surface area contributed by atoms with Crippen molar-refractivity contribution in [1.82, 2.24) is 25.1 Å². The van der Waals surface area contributed by atoms with E-state index in [4.69, 9.17) is 4.42 Å². The third-order valence-electron chi connectivity index (χ3n) is 5.50. The average molecular weight is 487 g/mol. The van der Waals surface area contributed by atoms with Gasteiger partial charge in [-0.2, -0.15) is 5.10 Å². The van der Waals surface area contributed by atoms with Gasteiger partial charge in [0, 0.05) is 31.5 Å². The molecule has 0 fully saturated rings. The van der Waals surface area contributed by atoms with Gasteiger partial charge in [0.2, 0.25) is 5.91 Å². The molecule has 176 valence electrons. The molecule has 10 heteroatoms. The first-order chi connectivity index (χ1) is 16.9. The molecular formula is C25H22N6O3S. The summed E-state index contributed by atoms with van der Waals surface area (Å²) in [4.78, 5) is 33.7. The molecule has 4 heterocycles. The van der Waals surface area contributed by atoms with E-state index in [0.29, 0.717) is 45.4 Å². The molecule has 2 N–H and O–H groups in total. The van der Waals surface area contributed by atoms with Crippen LogP contribution in [0.25, 0.3) is 33.7 Å². The number of pyridine rings is 1. The van der Waals surface area contributed by atoms with Crippen molar-refractivity contribution in [3.63, 3.8) is 0 Å². The van der Waals surface area contributed by atoms with E-state index in [-0.39, 0.29) is 11.8 Å². The summed E-state index contributed by atoms with van der Waals surface area (Å²) in [6.45, 7) is 3.82. The minimum Gasteiger partial charge on any atom is -0.463 e. The van der Waals surface area contributed by atoms with Gasteiger partial charge in [0.15, 0.2) is 16.5 Å². The van der Waals surface area contributed by atoms with Gasteiger partial charge in [-0.1, -0.05) is 24.3 Å². The van der Waals surface area contributed by atoms with Crippen LogP contribution < -0.4 is 10.6 Å². The van der Waals surface area contributed by atoms with Crippen molar-refractivity contribution in [2.45, 2.75) is 20.4 Å². The molecule has 0 saturated heterocycles. The van der Waals surface area contributed by atoms with E-state index in [9.17, 15) is 9.59 Å². The van der Waals surface area contributed by atoms with Gasteiger partial charge < -0.3 is 9.73 Å². The minimum atomic E-state index is -0.298. The molecular weight excluding hydrogens is 464 g/mol. The van der Waals surface area contributed by atoms with Crippen molar-refractivity contribution in [1.29, 1.82) is 0 Å². The number of benzene rings is 1. The summed E-state index contributed by atoms with van der Waals surface area (Å²) >= 11 is 1.35. The lowest BCUT2D eigenvalue weighted by Crippen LogP contribution is -2.18. The second-order valence-corrected chi connectivity index (χ2v) is 8.90. The first-order valence-electron chi connectivity index (χ1n) is 10.9. The van der Waals surface area contributed by atoms with Gasteiger partial charge in [-0.3, -0.25) is 19.6 Å². The van der Waals surface area contributed by atoms with Gasteiger partial charge in [0.05, 0.1) is 28.6 Å². The summed E-state index contributed by atoms with van der Waals surface area (Å²) < 4.78 is 7.16.